The largest absolute Gasteiger partial charge is 0.497 e. The lowest BCUT2D eigenvalue weighted by atomic mass is 10.1. The molecule has 0 unspecified atom stereocenters. The molecule has 5 nitrogen and oxygen atoms in total. The summed E-state index contributed by atoms with van der Waals surface area (Å²) in [6.07, 6.45) is -3.21. The van der Waals surface area contributed by atoms with E-state index < -0.39 is 18.6 Å². The summed E-state index contributed by atoms with van der Waals surface area (Å²) in [6.45, 7) is -1.71. The SMILES string of the molecule is COc1ccc(C(=O)N(Cc2ccco2)CC(F)(F)F)c(OC)c1. The monoisotopic (exact) mass is 343 g/mol. The maximum Gasteiger partial charge on any atom is 0.406 e. The molecule has 0 bridgehead atoms. The van der Waals surface area contributed by atoms with Crippen LogP contribution < -0.4 is 9.47 Å². The van der Waals surface area contributed by atoms with Crippen molar-refractivity contribution in [3.8, 4) is 11.5 Å². The number of amides is 1. The highest BCUT2D eigenvalue weighted by Gasteiger charge is 2.34. The Morgan fingerprint density at radius 3 is 2.50 bits per heavy atom. The van der Waals surface area contributed by atoms with Crippen LogP contribution in [0.15, 0.2) is 41.0 Å². The van der Waals surface area contributed by atoms with E-state index in [-0.39, 0.29) is 23.6 Å². The first-order valence-corrected chi connectivity index (χ1v) is 6.94. The van der Waals surface area contributed by atoms with Crippen LogP contribution in [0.2, 0.25) is 0 Å². The van der Waals surface area contributed by atoms with E-state index >= 15 is 0 Å². The van der Waals surface area contributed by atoms with E-state index in [1.54, 1.807) is 6.07 Å². The van der Waals surface area contributed by atoms with Crippen molar-refractivity contribution in [1.29, 1.82) is 0 Å². The van der Waals surface area contributed by atoms with Crippen LogP contribution in [-0.2, 0) is 6.54 Å². The predicted molar refractivity (Wildman–Crippen MR) is 79.0 cm³/mol. The number of benzene rings is 1. The standard InChI is InChI=1S/C16H16F3NO4/c1-22-11-5-6-13(14(8-11)23-2)15(21)20(10-16(17,18)19)9-12-4-3-7-24-12/h3-8H,9-10H2,1-2H3. The van der Waals surface area contributed by atoms with Gasteiger partial charge in [0.25, 0.3) is 5.91 Å². The molecule has 0 aliphatic rings. The number of carbonyl (C=O) groups excluding carboxylic acids is 1. The molecule has 2 aromatic rings. The maximum absolute atomic E-state index is 12.8. The zero-order chi connectivity index (χ0) is 17.7. The van der Waals surface area contributed by atoms with E-state index in [1.807, 2.05) is 0 Å². The Bertz CT molecular complexity index is 683. The van der Waals surface area contributed by atoms with Crippen LogP contribution in [0.5, 0.6) is 11.5 Å². The van der Waals surface area contributed by atoms with E-state index in [4.69, 9.17) is 13.9 Å². The molecule has 0 saturated heterocycles. The van der Waals surface area contributed by atoms with Crippen molar-refractivity contribution in [3.05, 3.63) is 47.9 Å². The minimum absolute atomic E-state index is 0.00843. The molecular formula is C16H16F3NO4. The van der Waals surface area contributed by atoms with Gasteiger partial charge < -0.3 is 18.8 Å². The maximum atomic E-state index is 12.8. The van der Waals surface area contributed by atoms with Crippen molar-refractivity contribution >= 4 is 5.91 Å². The quantitative estimate of drug-likeness (QED) is 0.806. The van der Waals surface area contributed by atoms with Gasteiger partial charge in [0.15, 0.2) is 0 Å². The van der Waals surface area contributed by atoms with E-state index in [2.05, 4.69) is 0 Å². The Morgan fingerprint density at radius 2 is 1.96 bits per heavy atom. The summed E-state index contributed by atoms with van der Waals surface area (Å²) in [5.74, 6) is -0.00826. The Labute approximate surface area is 136 Å². The van der Waals surface area contributed by atoms with Gasteiger partial charge >= 0.3 is 6.18 Å². The first kappa shape index (κ1) is 17.7. The Morgan fingerprint density at radius 1 is 1.21 bits per heavy atom. The normalized spacial score (nSPS) is 11.2. The van der Waals surface area contributed by atoms with Gasteiger partial charge in [-0.15, -0.1) is 0 Å². The summed E-state index contributed by atoms with van der Waals surface area (Å²) in [4.78, 5) is 13.2. The molecule has 1 aromatic heterocycles. The molecule has 1 amide bonds. The van der Waals surface area contributed by atoms with Crippen molar-refractivity contribution in [2.24, 2.45) is 0 Å². The summed E-state index contributed by atoms with van der Waals surface area (Å²) < 4.78 is 53.7. The van der Waals surface area contributed by atoms with Crippen molar-refractivity contribution in [2.45, 2.75) is 12.7 Å². The van der Waals surface area contributed by atoms with E-state index in [1.165, 1.54) is 44.7 Å². The highest BCUT2D eigenvalue weighted by Crippen LogP contribution is 2.28. The molecule has 130 valence electrons. The second kappa shape index (κ2) is 7.29. The zero-order valence-corrected chi connectivity index (χ0v) is 13.1. The Hall–Kier alpha value is -2.64. The summed E-state index contributed by atoms with van der Waals surface area (Å²) in [6, 6.07) is 7.33. The van der Waals surface area contributed by atoms with Crippen LogP contribution in [0.25, 0.3) is 0 Å². The van der Waals surface area contributed by atoms with Crippen molar-refractivity contribution < 1.29 is 31.9 Å². The summed E-state index contributed by atoms with van der Waals surface area (Å²) in [5, 5.41) is 0. The van der Waals surface area contributed by atoms with Crippen LogP contribution in [0, 0.1) is 0 Å². The number of hydrogen-bond donors (Lipinski definition) is 0. The van der Waals surface area contributed by atoms with Crippen LogP contribution in [0.1, 0.15) is 16.1 Å². The van der Waals surface area contributed by atoms with Gasteiger partial charge in [-0.1, -0.05) is 0 Å². The zero-order valence-electron chi connectivity index (χ0n) is 13.1. The molecule has 0 atom stereocenters. The number of alkyl halides is 3. The molecular weight excluding hydrogens is 327 g/mol. The van der Waals surface area contributed by atoms with Crippen molar-refractivity contribution in [1.82, 2.24) is 4.90 Å². The van der Waals surface area contributed by atoms with Gasteiger partial charge in [0, 0.05) is 6.07 Å². The molecule has 24 heavy (non-hydrogen) atoms. The molecule has 2 rings (SSSR count). The van der Waals surface area contributed by atoms with Gasteiger partial charge in [0.2, 0.25) is 0 Å². The molecule has 1 heterocycles. The lowest BCUT2D eigenvalue weighted by molar-refractivity contribution is -0.142. The molecule has 0 N–H and O–H groups in total. The van der Waals surface area contributed by atoms with Crippen LogP contribution in [0.4, 0.5) is 13.2 Å². The van der Waals surface area contributed by atoms with Crippen LogP contribution in [0.3, 0.4) is 0 Å². The average molecular weight is 343 g/mol. The first-order chi connectivity index (χ1) is 11.3. The smallest absolute Gasteiger partial charge is 0.406 e. The molecule has 0 aliphatic heterocycles. The van der Waals surface area contributed by atoms with E-state index in [9.17, 15) is 18.0 Å². The van der Waals surface area contributed by atoms with E-state index in [0.29, 0.717) is 10.6 Å². The third-order valence-corrected chi connectivity index (χ3v) is 3.22. The number of carbonyl (C=O) groups is 1. The third-order valence-electron chi connectivity index (χ3n) is 3.22. The number of ether oxygens (including phenoxy) is 2. The first-order valence-electron chi connectivity index (χ1n) is 6.94. The number of halogens is 3. The lowest BCUT2D eigenvalue weighted by Gasteiger charge is -2.24. The van der Waals surface area contributed by atoms with E-state index in [0.717, 1.165) is 0 Å². The second-order valence-electron chi connectivity index (χ2n) is 4.92. The van der Waals surface area contributed by atoms with Crippen LogP contribution >= 0.6 is 0 Å². The van der Waals surface area contributed by atoms with Crippen molar-refractivity contribution in [3.63, 3.8) is 0 Å². The molecule has 0 spiro atoms. The highest BCUT2D eigenvalue weighted by atomic mass is 19.4. The minimum atomic E-state index is -4.54. The molecule has 0 saturated carbocycles. The van der Waals surface area contributed by atoms with Gasteiger partial charge in [-0.3, -0.25) is 4.79 Å². The lowest BCUT2D eigenvalue weighted by Crippen LogP contribution is -2.38. The van der Waals surface area contributed by atoms with Crippen molar-refractivity contribution in [2.75, 3.05) is 20.8 Å². The number of hydrogen-bond acceptors (Lipinski definition) is 4. The predicted octanol–water partition coefficient (Wildman–Crippen LogP) is 3.50. The highest BCUT2D eigenvalue weighted by molar-refractivity contribution is 5.97. The Balaban J connectivity index is 2.32. The molecule has 8 heteroatoms. The molecule has 0 aliphatic carbocycles. The number of methoxy groups -OCH3 is 2. The molecule has 0 radical (unpaired) electrons. The van der Waals surface area contributed by atoms with Gasteiger partial charge in [-0.05, 0) is 24.3 Å². The fourth-order valence-electron chi connectivity index (χ4n) is 2.15. The summed E-state index contributed by atoms with van der Waals surface area (Å²) in [5.41, 5.74) is 0.00843. The topological polar surface area (TPSA) is 51.9 Å². The van der Waals surface area contributed by atoms with Gasteiger partial charge in [0.1, 0.15) is 23.8 Å². The second-order valence-corrected chi connectivity index (χ2v) is 4.92. The molecule has 0 fully saturated rings. The number of furan rings is 1. The fourth-order valence-corrected chi connectivity index (χ4v) is 2.15. The fraction of sp³-hybridized carbons (Fsp3) is 0.312. The van der Waals surface area contributed by atoms with Gasteiger partial charge in [0.05, 0.1) is 32.6 Å². The summed E-state index contributed by atoms with van der Waals surface area (Å²) >= 11 is 0. The summed E-state index contributed by atoms with van der Waals surface area (Å²) in [7, 11) is 2.76. The number of nitrogens with zero attached hydrogens (tertiary/aromatic N) is 1. The average Bonchev–Trinajstić information content (AvgIpc) is 3.04. The number of rotatable bonds is 6. The van der Waals surface area contributed by atoms with Gasteiger partial charge in [-0.25, -0.2) is 0 Å². The molecule has 1 aromatic carbocycles. The minimum Gasteiger partial charge on any atom is -0.497 e. The Kier molecular flexibility index (Phi) is 5.38. The van der Waals surface area contributed by atoms with Crippen LogP contribution in [-0.4, -0.2) is 37.7 Å². The third kappa shape index (κ3) is 4.43. The van der Waals surface area contributed by atoms with Gasteiger partial charge in [-0.2, -0.15) is 13.2 Å².